The standard InChI is InChI=1S/C22H32F2N4O/c1-4-14(5-2)21(29)28-11-9-15(10-12-28)26-22(25-3)27-19-13-16(19)20-17(23)7-6-8-18(20)24/h6-8,14-16,19H,4-5,9-13H2,1-3H3,(H2,25,26,27). The summed E-state index contributed by atoms with van der Waals surface area (Å²) in [5.74, 6) is -0.107. The Bertz CT molecular complexity index is 722. The van der Waals surface area contributed by atoms with Crippen molar-refractivity contribution in [2.24, 2.45) is 10.9 Å². The fourth-order valence-electron chi connectivity index (χ4n) is 4.22. The molecule has 2 fully saturated rings. The highest BCUT2D eigenvalue weighted by molar-refractivity contribution is 5.81. The van der Waals surface area contributed by atoms with Gasteiger partial charge >= 0.3 is 0 Å². The van der Waals surface area contributed by atoms with Gasteiger partial charge in [0.15, 0.2) is 5.96 Å². The Morgan fingerprint density at radius 1 is 1.17 bits per heavy atom. The molecule has 29 heavy (non-hydrogen) atoms. The molecular weight excluding hydrogens is 374 g/mol. The highest BCUT2D eigenvalue weighted by Gasteiger charge is 2.42. The fraction of sp³-hybridized carbons (Fsp3) is 0.636. The maximum atomic E-state index is 14.0. The molecule has 1 aromatic rings. The number of carbonyl (C=O) groups is 1. The molecule has 1 aliphatic heterocycles. The van der Waals surface area contributed by atoms with Crippen LogP contribution in [0.5, 0.6) is 0 Å². The summed E-state index contributed by atoms with van der Waals surface area (Å²) < 4.78 is 27.9. The number of piperidine rings is 1. The average molecular weight is 407 g/mol. The molecule has 3 rings (SSSR count). The molecule has 1 aromatic carbocycles. The third-order valence-corrected chi connectivity index (χ3v) is 6.19. The van der Waals surface area contributed by atoms with Crippen LogP contribution in [0.3, 0.4) is 0 Å². The van der Waals surface area contributed by atoms with Crippen LogP contribution in [0.15, 0.2) is 23.2 Å². The summed E-state index contributed by atoms with van der Waals surface area (Å²) in [4.78, 5) is 18.8. The molecular formula is C22H32F2N4O. The van der Waals surface area contributed by atoms with Crippen molar-refractivity contribution in [1.29, 1.82) is 0 Å². The van der Waals surface area contributed by atoms with Gasteiger partial charge in [0.05, 0.1) is 0 Å². The lowest BCUT2D eigenvalue weighted by Crippen LogP contribution is -2.51. The van der Waals surface area contributed by atoms with Crippen LogP contribution in [-0.4, -0.2) is 49.0 Å². The number of benzene rings is 1. The van der Waals surface area contributed by atoms with E-state index in [1.807, 2.05) is 4.90 Å². The van der Waals surface area contributed by atoms with Crippen molar-refractivity contribution in [2.45, 2.75) is 64.0 Å². The molecule has 1 aliphatic carbocycles. The van der Waals surface area contributed by atoms with Crippen LogP contribution in [-0.2, 0) is 4.79 Å². The molecule has 2 atom stereocenters. The van der Waals surface area contributed by atoms with E-state index in [0.29, 0.717) is 12.4 Å². The Balaban J connectivity index is 1.48. The molecule has 0 aromatic heterocycles. The highest BCUT2D eigenvalue weighted by Crippen LogP contribution is 2.43. The molecule has 5 nitrogen and oxygen atoms in total. The number of guanidine groups is 1. The Labute approximate surface area is 172 Å². The normalized spacial score (nSPS) is 22.7. The lowest BCUT2D eigenvalue weighted by molar-refractivity contribution is -0.136. The fourth-order valence-corrected chi connectivity index (χ4v) is 4.22. The van der Waals surface area contributed by atoms with Gasteiger partial charge in [-0.1, -0.05) is 19.9 Å². The lowest BCUT2D eigenvalue weighted by Gasteiger charge is -2.35. The molecule has 2 unspecified atom stereocenters. The monoisotopic (exact) mass is 406 g/mol. The van der Waals surface area contributed by atoms with Crippen molar-refractivity contribution in [3.63, 3.8) is 0 Å². The summed E-state index contributed by atoms with van der Waals surface area (Å²) >= 11 is 0. The van der Waals surface area contributed by atoms with Crippen molar-refractivity contribution < 1.29 is 13.6 Å². The van der Waals surface area contributed by atoms with Crippen molar-refractivity contribution in [3.8, 4) is 0 Å². The average Bonchev–Trinajstić information content (AvgIpc) is 3.47. The number of halogens is 2. The van der Waals surface area contributed by atoms with E-state index >= 15 is 0 Å². The van der Waals surface area contributed by atoms with Gasteiger partial charge in [-0.2, -0.15) is 0 Å². The largest absolute Gasteiger partial charge is 0.354 e. The SMILES string of the molecule is CCC(CC)C(=O)N1CCC(NC(=NC)NC2CC2c2c(F)cccc2F)CC1. The van der Waals surface area contributed by atoms with Crippen LogP contribution < -0.4 is 10.6 Å². The van der Waals surface area contributed by atoms with Gasteiger partial charge in [0.1, 0.15) is 11.6 Å². The van der Waals surface area contributed by atoms with E-state index in [0.717, 1.165) is 38.8 Å². The number of carbonyl (C=O) groups excluding carboxylic acids is 1. The maximum Gasteiger partial charge on any atom is 0.225 e. The van der Waals surface area contributed by atoms with Crippen LogP contribution >= 0.6 is 0 Å². The molecule has 1 heterocycles. The van der Waals surface area contributed by atoms with E-state index in [1.165, 1.54) is 18.2 Å². The van der Waals surface area contributed by atoms with Gasteiger partial charge in [0, 0.05) is 49.6 Å². The number of hydrogen-bond donors (Lipinski definition) is 2. The van der Waals surface area contributed by atoms with Gasteiger partial charge in [0.2, 0.25) is 5.91 Å². The minimum atomic E-state index is -0.489. The van der Waals surface area contributed by atoms with Gasteiger partial charge in [-0.3, -0.25) is 9.79 Å². The van der Waals surface area contributed by atoms with E-state index in [2.05, 4.69) is 29.5 Å². The van der Waals surface area contributed by atoms with Crippen LogP contribution in [0.25, 0.3) is 0 Å². The number of hydrogen-bond acceptors (Lipinski definition) is 2. The third-order valence-electron chi connectivity index (χ3n) is 6.19. The predicted molar refractivity (Wildman–Crippen MR) is 111 cm³/mol. The molecule has 160 valence electrons. The Morgan fingerprint density at radius 2 is 1.79 bits per heavy atom. The number of rotatable bonds is 6. The van der Waals surface area contributed by atoms with Gasteiger partial charge in [0.25, 0.3) is 0 Å². The summed E-state index contributed by atoms with van der Waals surface area (Å²) in [6.45, 7) is 5.62. The first-order chi connectivity index (χ1) is 14.0. The molecule has 2 N–H and O–H groups in total. The molecule has 1 saturated carbocycles. The smallest absolute Gasteiger partial charge is 0.225 e. The summed E-state index contributed by atoms with van der Waals surface area (Å²) in [5, 5.41) is 6.69. The zero-order chi connectivity index (χ0) is 21.0. The lowest BCUT2D eigenvalue weighted by atomic mass is 9.98. The first-order valence-corrected chi connectivity index (χ1v) is 10.7. The molecule has 7 heteroatoms. The molecule has 1 amide bonds. The second-order valence-corrected chi connectivity index (χ2v) is 8.06. The topological polar surface area (TPSA) is 56.7 Å². The number of amides is 1. The van der Waals surface area contributed by atoms with Gasteiger partial charge < -0.3 is 15.5 Å². The predicted octanol–water partition coefficient (Wildman–Crippen LogP) is 3.41. The molecule has 2 aliphatic rings. The van der Waals surface area contributed by atoms with E-state index in [1.54, 1.807) is 7.05 Å². The number of aliphatic imine (C=N–C) groups is 1. The minimum Gasteiger partial charge on any atom is -0.354 e. The third kappa shape index (κ3) is 5.06. The van der Waals surface area contributed by atoms with Crippen LogP contribution in [0, 0.1) is 17.6 Å². The molecule has 0 radical (unpaired) electrons. The van der Waals surface area contributed by atoms with E-state index < -0.39 is 11.6 Å². The molecule has 1 saturated heterocycles. The first kappa shape index (κ1) is 21.5. The Kier molecular flexibility index (Phi) is 7.09. The summed E-state index contributed by atoms with van der Waals surface area (Å²) in [6, 6.07) is 4.20. The van der Waals surface area contributed by atoms with Crippen LogP contribution in [0.2, 0.25) is 0 Å². The van der Waals surface area contributed by atoms with Crippen molar-refractivity contribution in [2.75, 3.05) is 20.1 Å². The molecule has 0 bridgehead atoms. The summed E-state index contributed by atoms with van der Waals surface area (Å²) in [7, 11) is 1.70. The van der Waals surface area contributed by atoms with Crippen molar-refractivity contribution in [1.82, 2.24) is 15.5 Å². The zero-order valence-electron chi connectivity index (χ0n) is 17.5. The van der Waals surface area contributed by atoms with Crippen LogP contribution in [0.4, 0.5) is 8.78 Å². The van der Waals surface area contributed by atoms with E-state index in [-0.39, 0.29) is 35.4 Å². The van der Waals surface area contributed by atoms with Crippen molar-refractivity contribution >= 4 is 11.9 Å². The quantitative estimate of drug-likeness (QED) is 0.562. The van der Waals surface area contributed by atoms with Gasteiger partial charge in [-0.25, -0.2) is 8.78 Å². The number of likely N-dealkylation sites (tertiary alicyclic amines) is 1. The number of nitrogens with one attached hydrogen (secondary N) is 2. The second kappa shape index (κ2) is 9.55. The maximum absolute atomic E-state index is 14.0. The Morgan fingerprint density at radius 3 is 2.34 bits per heavy atom. The van der Waals surface area contributed by atoms with E-state index in [4.69, 9.17) is 0 Å². The Hall–Kier alpha value is -2.18. The van der Waals surface area contributed by atoms with E-state index in [9.17, 15) is 13.6 Å². The van der Waals surface area contributed by atoms with Gasteiger partial charge in [-0.15, -0.1) is 0 Å². The van der Waals surface area contributed by atoms with Gasteiger partial charge in [-0.05, 0) is 44.2 Å². The number of nitrogens with zero attached hydrogens (tertiary/aromatic N) is 2. The zero-order valence-corrected chi connectivity index (χ0v) is 17.5. The van der Waals surface area contributed by atoms with Crippen LogP contribution in [0.1, 0.15) is 57.4 Å². The first-order valence-electron chi connectivity index (χ1n) is 10.7. The summed E-state index contributed by atoms with van der Waals surface area (Å²) in [5.41, 5.74) is 0.161. The summed E-state index contributed by atoms with van der Waals surface area (Å²) in [6.07, 6.45) is 4.18. The van der Waals surface area contributed by atoms with Crippen molar-refractivity contribution in [3.05, 3.63) is 35.4 Å². The highest BCUT2D eigenvalue weighted by atomic mass is 19.1. The molecule has 0 spiro atoms. The minimum absolute atomic E-state index is 0.0240. The second-order valence-electron chi connectivity index (χ2n) is 8.06.